The molecule has 2 aromatic heterocycles. The number of pyridine rings is 1. The molecule has 0 aliphatic rings. The van der Waals surface area contributed by atoms with Crippen molar-refractivity contribution in [2.75, 3.05) is 0 Å². The van der Waals surface area contributed by atoms with Crippen LogP contribution >= 0.6 is 15.9 Å². The van der Waals surface area contributed by atoms with E-state index in [-0.39, 0.29) is 12.2 Å². The van der Waals surface area contributed by atoms with Gasteiger partial charge in [-0.15, -0.1) is 0 Å². The quantitative estimate of drug-likeness (QED) is 0.693. The number of hydrogen-bond acceptors (Lipinski definition) is 3. The number of para-hydroxylation sites is 1. The van der Waals surface area contributed by atoms with Crippen LogP contribution in [-0.2, 0) is 13.5 Å². The van der Waals surface area contributed by atoms with Crippen molar-refractivity contribution in [2.24, 2.45) is 7.05 Å². The van der Waals surface area contributed by atoms with Crippen molar-refractivity contribution in [2.45, 2.75) is 6.42 Å². The molecule has 5 heteroatoms. The molecule has 2 heterocycles. The number of aromatic nitrogens is 3. The second kappa shape index (κ2) is 5.17. The lowest BCUT2D eigenvalue weighted by Gasteiger charge is -2.05. The average molecular weight is 330 g/mol. The second-order valence-electron chi connectivity index (χ2n) is 4.57. The lowest BCUT2D eigenvalue weighted by molar-refractivity contribution is 0.0985. The van der Waals surface area contributed by atoms with Gasteiger partial charge in [-0.1, -0.05) is 18.2 Å². The number of aryl methyl sites for hydroxylation is 1. The smallest absolute Gasteiger partial charge is 0.189 e. The Hall–Kier alpha value is -2.01. The number of carbonyl (C=O) groups excluding carboxylic acids is 1. The summed E-state index contributed by atoms with van der Waals surface area (Å²) in [6.07, 6.45) is 3.75. The monoisotopic (exact) mass is 329 g/mol. The highest BCUT2D eigenvalue weighted by molar-refractivity contribution is 9.10. The first kappa shape index (κ1) is 13.0. The molecule has 0 spiro atoms. The third kappa shape index (κ3) is 2.36. The van der Waals surface area contributed by atoms with Crippen LogP contribution in [0, 0.1) is 0 Å². The number of imidazole rings is 1. The number of Topliss-reactive ketones (excluding diaryl/α,β-unsaturated/α-hetero) is 1. The van der Waals surface area contributed by atoms with Crippen molar-refractivity contribution >= 4 is 32.6 Å². The Morgan fingerprint density at radius 2 is 2.15 bits per heavy atom. The molecule has 0 unspecified atom stereocenters. The van der Waals surface area contributed by atoms with Gasteiger partial charge in [0.05, 0.1) is 11.9 Å². The highest BCUT2D eigenvalue weighted by Crippen LogP contribution is 2.22. The van der Waals surface area contributed by atoms with Crippen molar-refractivity contribution in [3.8, 4) is 0 Å². The van der Waals surface area contributed by atoms with Gasteiger partial charge < -0.3 is 4.57 Å². The van der Waals surface area contributed by atoms with Gasteiger partial charge in [0.1, 0.15) is 11.5 Å². The highest BCUT2D eigenvalue weighted by atomic mass is 79.9. The van der Waals surface area contributed by atoms with E-state index < -0.39 is 0 Å². The lowest BCUT2D eigenvalue weighted by Crippen LogP contribution is -2.10. The van der Waals surface area contributed by atoms with E-state index in [1.54, 1.807) is 6.20 Å². The Bertz CT molecular complexity index is 795. The minimum absolute atomic E-state index is 0.0445. The number of rotatable bonds is 3. The van der Waals surface area contributed by atoms with Crippen LogP contribution in [0.3, 0.4) is 0 Å². The summed E-state index contributed by atoms with van der Waals surface area (Å²) in [5, 5.41) is 1.01. The fraction of sp³-hybridized carbons (Fsp3) is 0.133. The number of benzene rings is 1. The Kier molecular flexibility index (Phi) is 3.36. The molecule has 0 aliphatic heterocycles. The molecule has 0 amide bonds. The predicted octanol–water partition coefficient (Wildman–Crippen LogP) is 3.16. The third-order valence-electron chi connectivity index (χ3n) is 3.18. The van der Waals surface area contributed by atoms with Gasteiger partial charge in [0.2, 0.25) is 0 Å². The van der Waals surface area contributed by atoms with Crippen LogP contribution in [-0.4, -0.2) is 20.3 Å². The van der Waals surface area contributed by atoms with Crippen molar-refractivity contribution in [3.63, 3.8) is 0 Å². The fourth-order valence-electron chi connectivity index (χ4n) is 2.08. The number of ketones is 1. The summed E-state index contributed by atoms with van der Waals surface area (Å²) < 4.78 is 2.56. The normalized spacial score (nSPS) is 10.9. The maximum absolute atomic E-state index is 12.4. The molecular weight excluding hydrogens is 318 g/mol. The molecule has 1 aromatic carbocycles. The van der Waals surface area contributed by atoms with Crippen molar-refractivity contribution < 1.29 is 4.79 Å². The van der Waals surface area contributed by atoms with Crippen LogP contribution < -0.4 is 0 Å². The van der Waals surface area contributed by atoms with Gasteiger partial charge in [-0.2, -0.15) is 0 Å². The third-order valence-corrected chi connectivity index (χ3v) is 3.79. The summed E-state index contributed by atoms with van der Waals surface area (Å²) >= 11 is 3.43. The Labute approximate surface area is 124 Å². The summed E-state index contributed by atoms with van der Waals surface area (Å²) in [5.74, 6) is 0.689. The summed E-state index contributed by atoms with van der Waals surface area (Å²) in [6, 6.07) is 9.66. The molecule has 0 N–H and O–H groups in total. The zero-order valence-electron chi connectivity index (χ0n) is 10.9. The number of fused-ring (bicyclic) bond motifs is 1. The molecule has 0 fully saturated rings. The molecule has 3 rings (SSSR count). The van der Waals surface area contributed by atoms with Gasteiger partial charge in [0.25, 0.3) is 0 Å². The topological polar surface area (TPSA) is 47.8 Å². The minimum Gasteiger partial charge on any atom is -0.338 e. The van der Waals surface area contributed by atoms with Gasteiger partial charge >= 0.3 is 0 Å². The lowest BCUT2D eigenvalue weighted by atomic mass is 10.1. The molecule has 100 valence electrons. The van der Waals surface area contributed by atoms with E-state index in [1.807, 2.05) is 48.1 Å². The zero-order valence-corrected chi connectivity index (χ0v) is 12.5. The van der Waals surface area contributed by atoms with Crippen molar-refractivity contribution in [1.29, 1.82) is 0 Å². The molecule has 0 bridgehead atoms. The van der Waals surface area contributed by atoms with E-state index in [1.165, 1.54) is 0 Å². The molecule has 0 atom stereocenters. The van der Waals surface area contributed by atoms with Crippen molar-refractivity contribution in [1.82, 2.24) is 14.5 Å². The van der Waals surface area contributed by atoms with Crippen LogP contribution in [0.15, 0.2) is 47.2 Å². The van der Waals surface area contributed by atoms with E-state index in [2.05, 4.69) is 25.9 Å². The van der Waals surface area contributed by atoms with Crippen LogP contribution in [0.2, 0.25) is 0 Å². The Morgan fingerprint density at radius 1 is 1.35 bits per heavy atom. The maximum atomic E-state index is 12.4. The molecule has 4 nitrogen and oxygen atoms in total. The van der Waals surface area contributed by atoms with Gasteiger partial charge in [0, 0.05) is 29.3 Å². The van der Waals surface area contributed by atoms with E-state index in [9.17, 15) is 4.79 Å². The first-order chi connectivity index (χ1) is 9.65. The van der Waals surface area contributed by atoms with E-state index in [4.69, 9.17) is 0 Å². The highest BCUT2D eigenvalue weighted by Gasteiger charge is 2.15. The van der Waals surface area contributed by atoms with Gasteiger partial charge in [-0.3, -0.25) is 4.79 Å². The molecule has 0 saturated heterocycles. The number of halogens is 1. The first-order valence-electron chi connectivity index (χ1n) is 6.20. The summed E-state index contributed by atoms with van der Waals surface area (Å²) in [4.78, 5) is 21.0. The summed E-state index contributed by atoms with van der Waals surface area (Å²) in [5.41, 5.74) is 1.27. The largest absolute Gasteiger partial charge is 0.338 e. The molecule has 3 aromatic rings. The van der Waals surface area contributed by atoms with Crippen LogP contribution in [0.5, 0.6) is 0 Å². The average Bonchev–Trinajstić information content (AvgIpc) is 2.83. The Morgan fingerprint density at radius 3 is 2.90 bits per heavy atom. The molecule has 20 heavy (non-hydrogen) atoms. The number of nitrogens with zero attached hydrogens (tertiary/aromatic N) is 3. The van der Waals surface area contributed by atoms with E-state index in [0.29, 0.717) is 5.69 Å². The SMILES string of the molecule is Cn1ccnc1CC(=O)c1nc2ccccc2cc1Br. The summed E-state index contributed by atoms with van der Waals surface area (Å²) in [6.45, 7) is 0. The molecule has 0 aliphatic carbocycles. The standard InChI is InChI=1S/C15H12BrN3O/c1-19-7-6-17-14(19)9-13(20)15-11(16)8-10-4-2-3-5-12(10)18-15/h2-8H,9H2,1H3. The van der Waals surface area contributed by atoms with Gasteiger partial charge in [0.15, 0.2) is 5.78 Å². The van der Waals surface area contributed by atoms with Crippen LogP contribution in [0.1, 0.15) is 16.3 Å². The maximum Gasteiger partial charge on any atom is 0.189 e. The number of carbonyl (C=O) groups is 1. The predicted molar refractivity (Wildman–Crippen MR) is 80.7 cm³/mol. The fourth-order valence-corrected chi connectivity index (χ4v) is 2.64. The molecular formula is C15H12BrN3O. The van der Waals surface area contributed by atoms with Crippen molar-refractivity contribution in [3.05, 3.63) is 58.7 Å². The van der Waals surface area contributed by atoms with Gasteiger partial charge in [-0.05, 0) is 28.1 Å². The molecule has 0 saturated carbocycles. The van der Waals surface area contributed by atoms with Crippen LogP contribution in [0.25, 0.3) is 10.9 Å². The number of hydrogen-bond donors (Lipinski definition) is 0. The first-order valence-corrected chi connectivity index (χ1v) is 6.99. The van der Waals surface area contributed by atoms with Gasteiger partial charge in [-0.25, -0.2) is 9.97 Å². The zero-order chi connectivity index (χ0) is 14.1. The minimum atomic E-state index is -0.0445. The van der Waals surface area contributed by atoms with E-state index >= 15 is 0 Å². The van der Waals surface area contributed by atoms with Crippen LogP contribution in [0.4, 0.5) is 0 Å². The molecule has 0 radical (unpaired) electrons. The Balaban J connectivity index is 1.99. The van der Waals surface area contributed by atoms with E-state index in [0.717, 1.165) is 21.2 Å². The summed E-state index contributed by atoms with van der Waals surface area (Å²) in [7, 11) is 1.87. The second-order valence-corrected chi connectivity index (χ2v) is 5.42.